The van der Waals surface area contributed by atoms with Crippen LogP contribution in [-0.4, -0.2) is 20.8 Å². The number of benzene rings is 3. The van der Waals surface area contributed by atoms with Gasteiger partial charge in [0.15, 0.2) is 11.5 Å². The van der Waals surface area contributed by atoms with Crippen molar-refractivity contribution in [1.82, 2.24) is 0 Å². The van der Waals surface area contributed by atoms with Crippen LogP contribution in [0.2, 0.25) is 5.02 Å². The number of methoxy groups -OCH3 is 2. The topological polar surface area (TPSA) is 53.2 Å². The summed E-state index contributed by atoms with van der Waals surface area (Å²) in [7, 11) is 3.21. The molecule has 4 rings (SSSR count). The molecular weight excluding hydrogens is 414 g/mol. The quantitative estimate of drug-likeness (QED) is 0.351. The van der Waals surface area contributed by atoms with Gasteiger partial charge in [-0.25, -0.2) is 4.99 Å². The normalized spacial score (nSPS) is 11.5. The molecule has 158 valence electrons. The average molecular weight is 436 g/mol. The molecule has 0 saturated carbocycles. The minimum atomic E-state index is 0.556. The molecule has 1 heterocycles. The monoisotopic (exact) mass is 435 g/mol. The summed E-state index contributed by atoms with van der Waals surface area (Å²) >= 11 is 6.27. The number of para-hydroxylation sites is 2. The fourth-order valence-electron chi connectivity index (χ4n) is 3.32. The van der Waals surface area contributed by atoms with E-state index in [1.807, 2.05) is 67.6 Å². The summed E-state index contributed by atoms with van der Waals surface area (Å²) in [6.45, 7) is 2.50. The molecule has 31 heavy (non-hydrogen) atoms. The van der Waals surface area contributed by atoms with Crippen LogP contribution in [0.5, 0.6) is 17.2 Å². The predicted molar refractivity (Wildman–Crippen MR) is 123 cm³/mol. The third kappa shape index (κ3) is 4.37. The van der Waals surface area contributed by atoms with Gasteiger partial charge >= 0.3 is 0 Å². The zero-order chi connectivity index (χ0) is 21.8. The van der Waals surface area contributed by atoms with Crippen molar-refractivity contribution in [1.29, 1.82) is 0 Å². The molecule has 0 aliphatic rings. The third-order valence-electron chi connectivity index (χ3n) is 4.78. The first-order chi connectivity index (χ1) is 15.1. The lowest BCUT2D eigenvalue weighted by molar-refractivity contribution is 0.341. The van der Waals surface area contributed by atoms with Gasteiger partial charge in [0.05, 0.1) is 26.2 Å². The van der Waals surface area contributed by atoms with Crippen molar-refractivity contribution in [2.75, 3.05) is 20.8 Å². The van der Waals surface area contributed by atoms with E-state index in [0.717, 1.165) is 22.0 Å². The number of hydrogen-bond acceptors (Lipinski definition) is 5. The Balaban J connectivity index is 1.96. The lowest BCUT2D eigenvalue weighted by Gasteiger charge is -2.10. The van der Waals surface area contributed by atoms with Crippen molar-refractivity contribution in [2.45, 2.75) is 6.92 Å². The fraction of sp³-hybridized carbons (Fsp3) is 0.160. The molecule has 1 aromatic heterocycles. The molecule has 0 radical (unpaired) electrons. The van der Waals surface area contributed by atoms with Gasteiger partial charge in [0.25, 0.3) is 0 Å². The minimum Gasteiger partial charge on any atom is -0.493 e. The number of hydrogen-bond donors (Lipinski definition) is 0. The number of halogens is 1. The highest BCUT2D eigenvalue weighted by Crippen LogP contribution is 2.33. The van der Waals surface area contributed by atoms with Crippen molar-refractivity contribution in [3.63, 3.8) is 0 Å². The zero-order valence-corrected chi connectivity index (χ0v) is 18.3. The molecule has 0 saturated heterocycles. The van der Waals surface area contributed by atoms with Crippen LogP contribution in [0, 0.1) is 0 Å². The predicted octanol–water partition coefficient (Wildman–Crippen LogP) is 6.40. The summed E-state index contributed by atoms with van der Waals surface area (Å²) < 4.78 is 22.7. The van der Waals surface area contributed by atoms with Gasteiger partial charge in [0.2, 0.25) is 0 Å². The smallest absolute Gasteiger partial charge is 0.161 e. The minimum absolute atomic E-state index is 0.556. The Kier molecular flexibility index (Phi) is 6.14. The first-order valence-corrected chi connectivity index (χ1v) is 10.2. The number of nitrogens with zero attached hydrogens (tertiary/aromatic N) is 1. The van der Waals surface area contributed by atoms with Gasteiger partial charge in [-0.15, -0.1) is 0 Å². The van der Waals surface area contributed by atoms with Crippen LogP contribution in [-0.2, 0) is 0 Å². The summed E-state index contributed by atoms with van der Waals surface area (Å²) in [6.07, 6.45) is 0. The van der Waals surface area contributed by atoms with E-state index in [-0.39, 0.29) is 0 Å². The zero-order valence-electron chi connectivity index (χ0n) is 17.5. The summed E-state index contributed by atoms with van der Waals surface area (Å²) in [5.74, 6) is 2.62. The van der Waals surface area contributed by atoms with Gasteiger partial charge in [-0.05, 0) is 55.5 Å². The van der Waals surface area contributed by atoms with E-state index in [1.54, 1.807) is 20.3 Å². The molecule has 5 nitrogen and oxygen atoms in total. The third-order valence-corrected chi connectivity index (χ3v) is 5.01. The lowest BCUT2D eigenvalue weighted by Crippen LogP contribution is -2.04. The molecule has 0 unspecified atom stereocenters. The van der Waals surface area contributed by atoms with Crippen molar-refractivity contribution >= 4 is 28.3 Å². The van der Waals surface area contributed by atoms with E-state index < -0.39 is 0 Å². The van der Waals surface area contributed by atoms with E-state index in [9.17, 15) is 0 Å². The van der Waals surface area contributed by atoms with Crippen LogP contribution in [0.3, 0.4) is 0 Å². The largest absolute Gasteiger partial charge is 0.493 e. The van der Waals surface area contributed by atoms with Gasteiger partial charge in [-0.3, -0.25) is 0 Å². The Bertz CT molecular complexity index is 1300. The molecule has 0 bridgehead atoms. The highest BCUT2D eigenvalue weighted by atomic mass is 35.5. The second kappa shape index (κ2) is 9.14. The molecule has 4 aromatic rings. The Morgan fingerprint density at radius 1 is 0.871 bits per heavy atom. The van der Waals surface area contributed by atoms with Crippen molar-refractivity contribution in [3.05, 3.63) is 77.1 Å². The fourth-order valence-corrected chi connectivity index (χ4v) is 3.49. The maximum Gasteiger partial charge on any atom is 0.161 e. The molecule has 3 aromatic carbocycles. The number of fused-ring (bicyclic) bond motifs is 1. The Hall–Kier alpha value is -3.44. The van der Waals surface area contributed by atoms with Crippen LogP contribution in [0.1, 0.15) is 6.92 Å². The lowest BCUT2D eigenvalue weighted by atomic mass is 10.1. The summed E-state index contributed by atoms with van der Waals surface area (Å²) in [5.41, 5.74) is 2.24. The van der Waals surface area contributed by atoms with E-state index >= 15 is 0 Å². The molecule has 0 atom stereocenters. The van der Waals surface area contributed by atoms with Gasteiger partial charge in [0.1, 0.15) is 22.8 Å². The summed E-state index contributed by atoms with van der Waals surface area (Å²) in [6, 6.07) is 20.7. The van der Waals surface area contributed by atoms with Crippen molar-refractivity contribution in [2.24, 2.45) is 4.99 Å². The SMILES string of the molecule is CCOc1ccccc1N=c1cc(-c2ccc(OC)c(OC)c2)oc2ccc(Cl)cc12. The Morgan fingerprint density at radius 3 is 2.45 bits per heavy atom. The van der Waals surface area contributed by atoms with Crippen LogP contribution < -0.4 is 19.6 Å². The van der Waals surface area contributed by atoms with E-state index in [1.165, 1.54) is 0 Å². The number of ether oxygens (including phenoxy) is 3. The van der Waals surface area contributed by atoms with Gasteiger partial charge in [-0.2, -0.15) is 0 Å². The first kappa shape index (κ1) is 20.8. The van der Waals surface area contributed by atoms with Crippen molar-refractivity contribution in [3.8, 4) is 28.6 Å². The van der Waals surface area contributed by atoms with E-state index in [0.29, 0.717) is 40.2 Å². The number of rotatable bonds is 6. The van der Waals surface area contributed by atoms with Crippen LogP contribution in [0.4, 0.5) is 5.69 Å². The molecule has 0 aliphatic heterocycles. The summed E-state index contributed by atoms with van der Waals surface area (Å²) in [4.78, 5) is 4.89. The van der Waals surface area contributed by atoms with Crippen LogP contribution in [0.15, 0.2) is 76.1 Å². The maximum atomic E-state index is 6.27. The molecule has 6 heteroatoms. The van der Waals surface area contributed by atoms with Crippen molar-refractivity contribution < 1.29 is 18.6 Å². The Labute approximate surface area is 185 Å². The average Bonchev–Trinajstić information content (AvgIpc) is 2.80. The first-order valence-electron chi connectivity index (χ1n) is 9.85. The van der Waals surface area contributed by atoms with E-state index in [4.69, 9.17) is 35.2 Å². The van der Waals surface area contributed by atoms with Crippen LogP contribution in [0.25, 0.3) is 22.3 Å². The molecule has 0 fully saturated rings. The second-order valence-corrected chi connectivity index (χ2v) is 7.16. The highest BCUT2D eigenvalue weighted by molar-refractivity contribution is 6.31. The molecular formula is C25H22ClNO4. The van der Waals surface area contributed by atoms with Gasteiger partial charge < -0.3 is 18.6 Å². The van der Waals surface area contributed by atoms with Crippen LogP contribution >= 0.6 is 11.6 Å². The standard InChI is InChI=1S/C25H22ClNO4/c1-4-30-22-8-6-5-7-19(22)27-20-15-24(31-21-12-10-17(26)14-18(20)21)16-9-11-23(28-2)25(13-16)29-3/h5-15H,4H2,1-3H3. The maximum absolute atomic E-state index is 6.27. The van der Waals surface area contributed by atoms with E-state index in [2.05, 4.69) is 0 Å². The summed E-state index contributed by atoms with van der Waals surface area (Å²) in [5, 5.41) is 2.14. The molecule has 0 spiro atoms. The molecule has 0 amide bonds. The second-order valence-electron chi connectivity index (χ2n) is 6.72. The Morgan fingerprint density at radius 2 is 1.68 bits per heavy atom. The van der Waals surface area contributed by atoms with Gasteiger partial charge in [0, 0.05) is 22.0 Å². The molecule has 0 aliphatic carbocycles. The molecule has 0 N–H and O–H groups in total. The van der Waals surface area contributed by atoms with Gasteiger partial charge in [-0.1, -0.05) is 23.7 Å². The highest BCUT2D eigenvalue weighted by Gasteiger charge is 2.11.